The van der Waals surface area contributed by atoms with Gasteiger partial charge in [0.05, 0.1) is 0 Å². The van der Waals surface area contributed by atoms with Crippen molar-refractivity contribution in [2.45, 2.75) is 6.92 Å². The number of halogens is 1. The Morgan fingerprint density at radius 2 is 1.83 bits per heavy atom. The minimum atomic E-state index is -0.267. The van der Waals surface area contributed by atoms with E-state index in [2.05, 4.69) is 4.98 Å². The molecule has 18 heavy (non-hydrogen) atoms. The van der Waals surface area contributed by atoms with Crippen molar-refractivity contribution in [3.8, 4) is 11.3 Å². The molecule has 0 atom stereocenters. The molecule has 3 rings (SSSR count). The number of nitrogen functional groups attached to an aromatic ring is 1. The summed E-state index contributed by atoms with van der Waals surface area (Å²) in [6.45, 7) is 2.00. The van der Waals surface area contributed by atoms with Gasteiger partial charge in [0.1, 0.15) is 23.0 Å². The summed E-state index contributed by atoms with van der Waals surface area (Å²) in [6.07, 6.45) is 1.94. The van der Waals surface area contributed by atoms with Crippen LogP contribution in [-0.2, 0) is 0 Å². The molecule has 3 nitrogen and oxygen atoms in total. The summed E-state index contributed by atoms with van der Waals surface area (Å²) >= 11 is 0. The average Bonchev–Trinajstić information content (AvgIpc) is 2.68. The van der Waals surface area contributed by atoms with Crippen LogP contribution in [0.3, 0.4) is 0 Å². The van der Waals surface area contributed by atoms with Crippen LogP contribution < -0.4 is 5.73 Å². The molecular weight excluding hydrogens is 229 g/mol. The molecule has 0 aliphatic heterocycles. The fourth-order valence-corrected chi connectivity index (χ4v) is 1.99. The fraction of sp³-hybridized carbons (Fsp3) is 0.0714. The first-order valence-electron chi connectivity index (χ1n) is 5.65. The fourth-order valence-electron chi connectivity index (χ4n) is 1.99. The topological polar surface area (TPSA) is 43.3 Å². The van der Waals surface area contributed by atoms with Crippen LogP contribution in [0.4, 0.5) is 10.2 Å². The largest absolute Gasteiger partial charge is 0.383 e. The summed E-state index contributed by atoms with van der Waals surface area (Å²) in [4.78, 5) is 4.47. The van der Waals surface area contributed by atoms with Gasteiger partial charge in [-0.1, -0.05) is 6.07 Å². The van der Waals surface area contributed by atoms with Crippen LogP contribution >= 0.6 is 0 Å². The van der Waals surface area contributed by atoms with Gasteiger partial charge in [0.25, 0.3) is 0 Å². The molecule has 90 valence electrons. The van der Waals surface area contributed by atoms with Gasteiger partial charge in [0.15, 0.2) is 0 Å². The van der Waals surface area contributed by atoms with E-state index in [4.69, 9.17) is 5.73 Å². The number of hydrogen-bond donors (Lipinski definition) is 1. The van der Waals surface area contributed by atoms with Crippen LogP contribution in [-0.4, -0.2) is 9.38 Å². The van der Waals surface area contributed by atoms with E-state index in [0.29, 0.717) is 11.5 Å². The number of fused-ring (bicyclic) bond motifs is 1. The molecule has 2 aromatic heterocycles. The maximum absolute atomic E-state index is 12.9. The molecule has 1 aromatic carbocycles. The first kappa shape index (κ1) is 10.8. The van der Waals surface area contributed by atoms with E-state index in [1.807, 2.05) is 29.7 Å². The van der Waals surface area contributed by atoms with Gasteiger partial charge in [-0.05, 0) is 42.8 Å². The number of benzene rings is 1. The minimum Gasteiger partial charge on any atom is -0.383 e. The highest BCUT2D eigenvalue weighted by molar-refractivity contribution is 5.74. The van der Waals surface area contributed by atoms with Crippen LogP contribution in [0.2, 0.25) is 0 Å². The third-order valence-electron chi connectivity index (χ3n) is 2.92. The molecule has 0 bridgehead atoms. The molecule has 0 amide bonds. The van der Waals surface area contributed by atoms with Crippen molar-refractivity contribution in [1.29, 1.82) is 0 Å². The molecule has 0 spiro atoms. The van der Waals surface area contributed by atoms with Crippen molar-refractivity contribution in [3.63, 3.8) is 0 Å². The van der Waals surface area contributed by atoms with Crippen molar-refractivity contribution in [2.75, 3.05) is 5.73 Å². The van der Waals surface area contributed by atoms with Gasteiger partial charge in [-0.25, -0.2) is 9.37 Å². The summed E-state index contributed by atoms with van der Waals surface area (Å²) in [5.74, 6) is 0.303. The van der Waals surface area contributed by atoms with E-state index in [1.54, 1.807) is 12.1 Å². The zero-order valence-corrected chi connectivity index (χ0v) is 9.89. The number of imidazole rings is 1. The maximum Gasteiger partial charge on any atom is 0.139 e. The van der Waals surface area contributed by atoms with E-state index < -0.39 is 0 Å². The van der Waals surface area contributed by atoms with Crippen LogP contribution in [0.1, 0.15) is 5.56 Å². The van der Waals surface area contributed by atoms with Crippen molar-refractivity contribution in [3.05, 3.63) is 54.0 Å². The van der Waals surface area contributed by atoms with Crippen LogP contribution in [0.25, 0.3) is 16.9 Å². The Bertz CT molecular complexity index is 714. The molecule has 2 heterocycles. The van der Waals surface area contributed by atoms with Gasteiger partial charge < -0.3 is 5.73 Å². The second-order valence-corrected chi connectivity index (χ2v) is 4.29. The average molecular weight is 241 g/mol. The Morgan fingerprint density at radius 1 is 1.11 bits per heavy atom. The standard InChI is InChI=1S/C14H12FN3/c1-9-2-7-12-17-13(14(16)18(12)8-9)10-3-5-11(15)6-4-10/h2-8H,16H2,1H3. The number of hydrogen-bond acceptors (Lipinski definition) is 2. The number of nitrogens with zero attached hydrogens (tertiary/aromatic N) is 2. The number of nitrogens with two attached hydrogens (primary N) is 1. The summed E-state index contributed by atoms with van der Waals surface area (Å²) in [5, 5.41) is 0. The van der Waals surface area contributed by atoms with Crippen molar-refractivity contribution >= 4 is 11.5 Å². The molecule has 0 fully saturated rings. The maximum atomic E-state index is 12.9. The van der Waals surface area contributed by atoms with Crippen molar-refractivity contribution in [2.24, 2.45) is 0 Å². The zero-order chi connectivity index (χ0) is 12.7. The molecule has 0 aliphatic rings. The Balaban J connectivity index is 2.23. The van der Waals surface area contributed by atoms with E-state index >= 15 is 0 Å². The zero-order valence-electron chi connectivity index (χ0n) is 9.89. The molecule has 3 aromatic rings. The predicted octanol–water partition coefficient (Wildman–Crippen LogP) is 3.03. The lowest BCUT2D eigenvalue weighted by Crippen LogP contribution is -1.94. The predicted molar refractivity (Wildman–Crippen MR) is 69.7 cm³/mol. The Morgan fingerprint density at radius 3 is 2.56 bits per heavy atom. The lowest BCUT2D eigenvalue weighted by molar-refractivity contribution is 0.628. The van der Waals surface area contributed by atoms with Gasteiger partial charge in [-0.2, -0.15) is 0 Å². The molecule has 2 N–H and O–H groups in total. The first-order valence-corrected chi connectivity index (χ1v) is 5.65. The molecule has 0 aliphatic carbocycles. The molecule has 0 saturated heterocycles. The third kappa shape index (κ3) is 1.62. The Kier molecular flexibility index (Phi) is 2.30. The van der Waals surface area contributed by atoms with Gasteiger partial charge in [-0.15, -0.1) is 0 Å². The van der Waals surface area contributed by atoms with Crippen molar-refractivity contribution < 1.29 is 4.39 Å². The summed E-state index contributed by atoms with van der Waals surface area (Å²) in [5.41, 5.74) is 9.48. The first-order chi connectivity index (χ1) is 8.65. The summed E-state index contributed by atoms with van der Waals surface area (Å²) in [7, 11) is 0. The van der Waals surface area contributed by atoms with E-state index in [9.17, 15) is 4.39 Å². The Labute approximate surface area is 104 Å². The normalized spacial score (nSPS) is 11.0. The van der Waals surface area contributed by atoms with Crippen LogP contribution in [0.5, 0.6) is 0 Å². The molecule has 0 radical (unpaired) electrons. The number of rotatable bonds is 1. The molecule has 4 heteroatoms. The van der Waals surface area contributed by atoms with Gasteiger partial charge >= 0.3 is 0 Å². The number of anilines is 1. The molecule has 0 saturated carbocycles. The van der Waals surface area contributed by atoms with Gasteiger partial charge in [0.2, 0.25) is 0 Å². The van der Waals surface area contributed by atoms with Crippen LogP contribution in [0, 0.1) is 12.7 Å². The van der Waals surface area contributed by atoms with Crippen molar-refractivity contribution in [1.82, 2.24) is 9.38 Å². The summed E-state index contributed by atoms with van der Waals surface area (Å²) in [6, 6.07) is 10.1. The molecule has 0 unspecified atom stereocenters. The van der Waals surface area contributed by atoms with Gasteiger partial charge in [-0.3, -0.25) is 4.40 Å². The number of aryl methyl sites for hydroxylation is 1. The highest BCUT2D eigenvalue weighted by Gasteiger charge is 2.11. The lowest BCUT2D eigenvalue weighted by Gasteiger charge is -2.00. The molecular formula is C14H12FN3. The number of aromatic nitrogens is 2. The van der Waals surface area contributed by atoms with Gasteiger partial charge in [0, 0.05) is 11.8 Å². The highest BCUT2D eigenvalue weighted by Crippen LogP contribution is 2.26. The van der Waals surface area contributed by atoms with E-state index in [-0.39, 0.29) is 5.82 Å². The quantitative estimate of drug-likeness (QED) is 0.711. The lowest BCUT2D eigenvalue weighted by atomic mass is 10.1. The second-order valence-electron chi connectivity index (χ2n) is 4.29. The SMILES string of the molecule is Cc1ccc2nc(-c3ccc(F)cc3)c(N)n2c1. The van der Waals surface area contributed by atoms with E-state index in [1.165, 1.54) is 12.1 Å². The monoisotopic (exact) mass is 241 g/mol. The van der Waals surface area contributed by atoms with Crippen LogP contribution in [0.15, 0.2) is 42.6 Å². The second kappa shape index (κ2) is 3.84. The summed E-state index contributed by atoms with van der Waals surface area (Å²) < 4.78 is 14.7. The minimum absolute atomic E-state index is 0.267. The number of pyridine rings is 1. The smallest absolute Gasteiger partial charge is 0.139 e. The Hall–Kier alpha value is -2.36. The van der Waals surface area contributed by atoms with E-state index in [0.717, 1.165) is 16.8 Å². The highest BCUT2D eigenvalue weighted by atomic mass is 19.1. The third-order valence-corrected chi connectivity index (χ3v) is 2.92.